The maximum absolute atomic E-state index is 10.4. The topological polar surface area (TPSA) is 60.7 Å². The summed E-state index contributed by atoms with van der Waals surface area (Å²) in [5.41, 5.74) is -1.07. The van der Waals surface area contributed by atoms with Gasteiger partial charge < -0.3 is 15.3 Å². The van der Waals surface area contributed by atoms with Crippen molar-refractivity contribution in [1.29, 1.82) is 0 Å². The molecule has 1 aliphatic carbocycles. The molecule has 1 saturated carbocycles. The van der Waals surface area contributed by atoms with Crippen molar-refractivity contribution < 1.29 is 15.3 Å². The van der Waals surface area contributed by atoms with Gasteiger partial charge in [0.05, 0.1) is 17.8 Å². The molecule has 1 fully saturated rings. The van der Waals surface area contributed by atoms with Crippen molar-refractivity contribution in [3.63, 3.8) is 0 Å². The Balaban J connectivity index is 2.89. The zero-order chi connectivity index (χ0) is 13.3. The average molecular weight is 242 g/mol. The number of hydrogen-bond donors (Lipinski definition) is 3. The largest absolute Gasteiger partial charge is 0.393 e. The Kier molecular flexibility index (Phi) is 4.39. The Bertz CT molecular complexity index is 263. The van der Waals surface area contributed by atoms with Crippen molar-refractivity contribution in [2.45, 2.75) is 64.8 Å². The molecule has 0 radical (unpaired) electrons. The van der Waals surface area contributed by atoms with E-state index in [1.165, 1.54) is 0 Å². The molecular weight excluding hydrogens is 216 g/mol. The van der Waals surface area contributed by atoms with Crippen LogP contribution in [0.15, 0.2) is 12.2 Å². The molecule has 0 aliphatic heterocycles. The maximum atomic E-state index is 10.4. The molecule has 0 amide bonds. The minimum atomic E-state index is -0.912. The van der Waals surface area contributed by atoms with E-state index in [9.17, 15) is 15.3 Å². The van der Waals surface area contributed by atoms with Crippen molar-refractivity contribution in [2.75, 3.05) is 0 Å². The van der Waals surface area contributed by atoms with Crippen LogP contribution in [0.3, 0.4) is 0 Å². The maximum Gasteiger partial charge on any atom is 0.0718 e. The van der Waals surface area contributed by atoms with Gasteiger partial charge in [-0.2, -0.15) is 0 Å². The highest BCUT2D eigenvalue weighted by Crippen LogP contribution is 2.46. The van der Waals surface area contributed by atoms with Crippen LogP contribution in [0, 0.1) is 11.3 Å². The van der Waals surface area contributed by atoms with Crippen LogP contribution in [0.25, 0.3) is 0 Å². The second-order valence-electron chi connectivity index (χ2n) is 6.25. The normalized spacial score (nSPS) is 39.5. The zero-order valence-corrected chi connectivity index (χ0v) is 11.3. The highest BCUT2D eigenvalue weighted by Gasteiger charge is 2.47. The minimum absolute atomic E-state index is 0.0420. The molecule has 0 heterocycles. The third kappa shape index (κ3) is 3.54. The first-order valence-corrected chi connectivity index (χ1v) is 6.46. The summed E-state index contributed by atoms with van der Waals surface area (Å²) in [6, 6.07) is 0. The van der Waals surface area contributed by atoms with E-state index in [-0.39, 0.29) is 11.3 Å². The summed E-state index contributed by atoms with van der Waals surface area (Å²) in [7, 11) is 0. The predicted molar refractivity (Wildman–Crippen MR) is 68.6 cm³/mol. The highest BCUT2D eigenvalue weighted by molar-refractivity contribution is 5.09. The van der Waals surface area contributed by atoms with Crippen LogP contribution in [0.2, 0.25) is 0 Å². The summed E-state index contributed by atoms with van der Waals surface area (Å²) in [4.78, 5) is 0. The molecule has 100 valence electrons. The third-order valence-electron chi connectivity index (χ3n) is 3.87. The Morgan fingerprint density at radius 1 is 1.29 bits per heavy atom. The smallest absolute Gasteiger partial charge is 0.0718 e. The van der Waals surface area contributed by atoms with Gasteiger partial charge in [-0.15, -0.1) is 0 Å². The van der Waals surface area contributed by atoms with Crippen LogP contribution in [0.1, 0.15) is 47.0 Å². The van der Waals surface area contributed by atoms with Crippen LogP contribution in [0.5, 0.6) is 0 Å². The van der Waals surface area contributed by atoms with Gasteiger partial charge in [0.15, 0.2) is 0 Å². The number of hydrogen-bond acceptors (Lipinski definition) is 3. The Morgan fingerprint density at radius 2 is 1.88 bits per heavy atom. The van der Waals surface area contributed by atoms with Crippen molar-refractivity contribution >= 4 is 0 Å². The van der Waals surface area contributed by atoms with Gasteiger partial charge in [0.2, 0.25) is 0 Å². The summed E-state index contributed by atoms with van der Waals surface area (Å²) in [5, 5.41) is 29.8. The van der Waals surface area contributed by atoms with E-state index in [2.05, 4.69) is 13.8 Å². The van der Waals surface area contributed by atoms with Crippen LogP contribution in [-0.2, 0) is 0 Å². The Morgan fingerprint density at radius 3 is 2.35 bits per heavy atom. The van der Waals surface area contributed by atoms with Crippen LogP contribution in [0.4, 0.5) is 0 Å². The van der Waals surface area contributed by atoms with Crippen molar-refractivity contribution in [3.05, 3.63) is 12.2 Å². The number of aliphatic hydroxyl groups is 3. The fourth-order valence-corrected chi connectivity index (χ4v) is 3.10. The van der Waals surface area contributed by atoms with Gasteiger partial charge in [-0.05, 0) is 25.2 Å². The standard InChI is InChI=1S/C14H26O3/c1-5-10(15)6-7-12-13(2,3)8-11(16)9-14(12,4)17/h6-7,10-12,15-17H,5,8-9H2,1-4H3. The zero-order valence-electron chi connectivity index (χ0n) is 11.3. The van der Waals surface area contributed by atoms with Gasteiger partial charge in [0.1, 0.15) is 0 Å². The molecule has 0 spiro atoms. The van der Waals surface area contributed by atoms with E-state index >= 15 is 0 Å². The fraction of sp³-hybridized carbons (Fsp3) is 0.857. The van der Waals surface area contributed by atoms with Gasteiger partial charge in [-0.3, -0.25) is 0 Å². The molecule has 4 unspecified atom stereocenters. The lowest BCUT2D eigenvalue weighted by Gasteiger charge is -2.48. The molecule has 0 aromatic carbocycles. The van der Waals surface area contributed by atoms with Crippen molar-refractivity contribution in [2.24, 2.45) is 11.3 Å². The Labute approximate surface area is 104 Å². The van der Waals surface area contributed by atoms with E-state index < -0.39 is 17.8 Å². The molecule has 4 atom stereocenters. The molecule has 17 heavy (non-hydrogen) atoms. The minimum Gasteiger partial charge on any atom is -0.393 e. The van der Waals surface area contributed by atoms with Crippen LogP contribution < -0.4 is 0 Å². The second kappa shape index (κ2) is 5.09. The van der Waals surface area contributed by atoms with Crippen molar-refractivity contribution in [1.82, 2.24) is 0 Å². The molecule has 1 aliphatic rings. The average Bonchev–Trinajstić information content (AvgIpc) is 2.12. The van der Waals surface area contributed by atoms with E-state index in [0.717, 1.165) is 0 Å². The summed E-state index contributed by atoms with van der Waals surface area (Å²) >= 11 is 0. The lowest BCUT2D eigenvalue weighted by Crippen LogP contribution is -2.50. The SMILES string of the molecule is CCC(O)C=CC1C(C)(C)CC(O)CC1(C)O. The molecule has 3 heteroatoms. The molecule has 0 bridgehead atoms. The van der Waals surface area contributed by atoms with Crippen molar-refractivity contribution in [3.8, 4) is 0 Å². The van der Waals surface area contributed by atoms with E-state index in [4.69, 9.17) is 0 Å². The van der Waals surface area contributed by atoms with Crippen LogP contribution >= 0.6 is 0 Å². The van der Waals surface area contributed by atoms with E-state index in [1.807, 2.05) is 13.0 Å². The third-order valence-corrected chi connectivity index (χ3v) is 3.87. The molecule has 1 rings (SSSR count). The van der Waals surface area contributed by atoms with Gasteiger partial charge >= 0.3 is 0 Å². The lowest BCUT2D eigenvalue weighted by molar-refractivity contribution is -0.111. The molecular formula is C14H26O3. The van der Waals surface area contributed by atoms with E-state index in [0.29, 0.717) is 19.3 Å². The fourth-order valence-electron chi connectivity index (χ4n) is 3.10. The first-order valence-electron chi connectivity index (χ1n) is 6.46. The number of aliphatic hydroxyl groups excluding tert-OH is 2. The lowest BCUT2D eigenvalue weighted by atomic mass is 9.61. The first kappa shape index (κ1) is 14.7. The monoisotopic (exact) mass is 242 g/mol. The second-order valence-corrected chi connectivity index (χ2v) is 6.25. The number of rotatable bonds is 3. The first-order chi connectivity index (χ1) is 7.69. The summed E-state index contributed by atoms with van der Waals surface area (Å²) in [5.74, 6) is -0.0420. The van der Waals surface area contributed by atoms with Gasteiger partial charge in [-0.25, -0.2) is 0 Å². The summed E-state index contributed by atoms with van der Waals surface area (Å²) in [6.07, 6.45) is 4.54. The quantitative estimate of drug-likeness (QED) is 0.662. The van der Waals surface area contributed by atoms with Gasteiger partial charge in [-0.1, -0.05) is 32.9 Å². The summed E-state index contributed by atoms with van der Waals surface area (Å²) < 4.78 is 0. The molecule has 3 N–H and O–H groups in total. The van der Waals surface area contributed by atoms with E-state index in [1.54, 1.807) is 13.0 Å². The Hall–Kier alpha value is -0.380. The van der Waals surface area contributed by atoms with Gasteiger partial charge in [0, 0.05) is 12.3 Å². The van der Waals surface area contributed by atoms with Gasteiger partial charge in [0.25, 0.3) is 0 Å². The molecule has 0 aromatic heterocycles. The molecule has 0 saturated heterocycles. The predicted octanol–water partition coefficient (Wildman–Crippen LogP) is 1.86. The van der Waals surface area contributed by atoms with Crippen LogP contribution in [-0.4, -0.2) is 33.1 Å². The highest BCUT2D eigenvalue weighted by atomic mass is 16.3. The summed E-state index contributed by atoms with van der Waals surface area (Å²) in [6.45, 7) is 7.79. The molecule has 0 aromatic rings. The molecule has 3 nitrogen and oxygen atoms in total.